The molecule has 25 heavy (non-hydrogen) atoms. The Morgan fingerprint density at radius 3 is 2.12 bits per heavy atom. The number of carboxylic acid groups (broad SMARTS) is 1. The lowest BCUT2D eigenvalue weighted by Gasteiger charge is -2.13. The third-order valence-electron chi connectivity index (χ3n) is 3.66. The predicted molar refractivity (Wildman–Crippen MR) is 83.4 cm³/mol. The summed E-state index contributed by atoms with van der Waals surface area (Å²) in [6, 6.07) is 9.14. The maximum Gasteiger partial charge on any atom is 0.335 e. The van der Waals surface area contributed by atoms with Crippen molar-refractivity contribution in [2.45, 2.75) is 11.8 Å². The minimum absolute atomic E-state index is 0.0258. The summed E-state index contributed by atoms with van der Waals surface area (Å²) in [5, 5.41) is 9.24. The van der Waals surface area contributed by atoms with Gasteiger partial charge in [0.15, 0.2) is 0 Å². The van der Waals surface area contributed by atoms with Crippen LogP contribution in [0.1, 0.15) is 36.6 Å². The molecule has 8 nitrogen and oxygen atoms in total. The summed E-state index contributed by atoms with van der Waals surface area (Å²) in [6.45, 7) is 1.50. The number of amides is 2. The second-order valence-electron chi connectivity index (χ2n) is 5.26. The molecule has 0 saturated heterocycles. The van der Waals surface area contributed by atoms with Gasteiger partial charge >= 0.3 is 16.1 Å². The number of carbonyl (C=O) groups is 3. The van der Waals surface area contributed by atoms with Crippen molar-refractivity contribution in [2.24, 2.45) is 0 Å². The zero-order chi connectivity index (χ0) is 18.4. The van der Waals surface area contributed by atoms with E-state index in [9.17, 15) is 22.8 Å². The van der Waals surface area contributed by atoms with E-state index in [1.54, 1.807) is 0 Å². The fourth-order valence-electron chi connectivity index (χ4n) is 2.36. The monoisotopic (exact) mass is 361 g/mol. The number of rotatable bonds is 4. The summed E-state index contributed by atoms with van der Waals surface area (Å²) in [5.74, 6) is -3.13. The number of nitrogens with zero attached hydrogens (tertiary/aromatic N) is 1. The van der Waals surface area contributed by atoms with Gasteiger partial charge in [-0.15, -0.1) is 9.35 Å². The van der Waals surface area contributed by atoms with Crippen molar-refractivity contribution >= 4 is 27.9 Å². The first-order valence-corrected chi connectivity index (χ1v) is 8.39. The van der Waals surface area contributed by atoms with Crippen LogP contribution in [-0.4, -0.2) is 36.4 Å². The van der Waals surface area contributed by atoms with Gasteiger partial charge in [-0.1, -0.05) is 18.2 Å². The van der Waals surface area contributed by atoms with Gasteiger partial charge in [-0.2, -0.15) is 8.42 Å². The van der Waals surface area contributed by atoms with Crippen molar-refractivity contribution in [1.82, 2.24) is 5.06 Å². The molecule has 1 aliphatic heterocycles. The Labute approximate surface area is 142 Å². The number of aromatic carboxylic acids is 1. The molecule has 1 N–H and O–H groups in total. The number of fused-ring (bicyclic) bond motifs is 1. The van der Waals surface area contributed by atoms with Gasteiger partial charge < -0.3 is 5.11 Å². The summed E-state index contributed by atoms with van der Waals surface area (Å²) in [4.78, 5) is 35.0. The van der Waals surface area contributed by atoms with E-state index >= 15 is 0 Å². The minimum atomic E-state index is -4.58. The third-order valence-corrected chi connectivity index (χ3v) is 4.83. The minimum Gasteiger partial charge on any atom is -0.478 e. The number of hydrogen-bond acceptors (Lipinski definition) is 6. The highest BCUT2D eigenvalue weighted by atomic mass is 32.2. The second-order valence-corrected chi connectivity index (χ2v) is 6.79. The average Bonchev–Trinajstić information content (AvgIpc) is 2.80. The Morgan fingerprint density at radius 1 is 1.04 bits per heavy atom. The van der Waals surface area contributed by atoms with Gasteiger partial charge in [-0.25, -0.2) is 4.79 Å². The quantitative estimate of drug-likeness (QED) is 0.822. The topological polar surface area (TPSA) is 118 Å². The van der Waals surface area contributed by atoms with Crippen LogP contribution in [-0.2, 0) is 14.4 Å². The molecule has 0 spiro atoms. The van der Waals surface area contributed by atoms with E-state index < -0.39 is 32.8 Å². The number of aryl methyl sites for hydroxylation is 1. The van der Waals surface area contributed by atoms with Crippen LogP contribution in [0, 0.1) is 6.92 Å². The number of imide groups is 1. The fourth-order valence-corrected chi connectivity index (χ4v) is 3.28. The molecule has 128 valence electrons. The standard InChI is InChI=1S/C16H11NO7S/c1-9-6-7-10(8-13(9)16(20)21)25(22,23)24-17-14(18)11-4-2-3-5-12(11)15(17)19/h2-8H,1H3,(H,20,21). The number of hydrogen-bond donors (Lipinski definition) is 1. The van der Waals surface area contributed by atoms with Crippen molar-refractivity contribution in [3.8, 4) is 0 Å². The van der Waals surface area contributed by atoms with Crippen LogP contribution in [0.4, 0.5) is 0 Å². The molecular weight excluding hydrogens is 350 g/mol. The molecule has 0 aliphatic carbocycles. The molecular formula is C16H11NO7S. The number of carbonyl (C=O) groups excluding carboxylic acids is 2. The second kappa shape index (κ2) is 5.80. The lowest BCUT2D eigenvalue weighted by Crippen LogP contribution is -2.32. The third kappa shape index (κ3) is 2.79. The molecule has 3 rings (SSSR count). The molecule has 0 radical (unpaired) electrons. The van der Waals surface area contributed by atoms with E-state index in [0.717, 1.165) is 12.1 Å². The van der Waals surface area contributed by atoms with E-state index in [1.165, 1.54) is 37.3 Å². The first-order chi connectivity index (χ1) is 11.7. The highest BCUT2D eigenvalue weighted by Crippen LogP contribution is 2.26. The van der Waals surface area contributed by atoms with Gasteiger partial charge in [0.25, 0.3) is 11.8 Å². The number of carboxylic acids is 1. The van der Waals surface area contributed by atoms with Crippen molar-refractivity contribution < 1.29 is 32.2 Å². The summed E-state index contributed by atoms with van der Waals surface area (Å²) in [7, 11) is -4.58. The first kappa shape index (κ1) is 16.8. The van der Waals surface area contributed by atoms with Crippen molar-refractivity contribution in [3.63, 3.8) is 0 Å². The number of hydroxylamine groups is 2. The number of benzene rings is 2. The van der Waals surface area contributed by atoms with E-state index in [2.05, 4.69) is 4.28 Å². The Balaban J connectivity index is 1.96. The highest BCUT2D eigenvalue weighted by molar-refractivity contribution is 7.86. The Kier molecular flexibility index (Phi) is 3.90. The zero-order valence-electron chi connectivity index (χ0n) is 12.8. The summed E-state index contributed by atoms with van der Waals surface area (Å²) in [6.07, 6.45) is 0. The lowest BCUT2D eigenvalue weighted by molar-refractivity contribution is -0.0104. The fraction of sp³-hybridized carbons (Fsp3) is 0.0625. The Bertz CT molecular complexity index is 992. The molecule has 2 aromatic rings. The van der Waals surface area contributed by atoms with Crippen molar-refractivity contribution in [2.75, 3.05) is 0 Å². The zero-order valence-corrected chi connectivity index (χ0v) is 13.6. The largest absolute Gasteiger partial charge is 0.478 e. The van der Waals surface area contributed by atoms with Gasteiger partial charge in [-0.05, 0) is 36.8 Å². The van der Waals surface area contributed by atoms with Gasteiger partial charge in [0, 0.05) is 0 Å². The van der Waals surface area contributed by atoms with Crippen LogP contribution in [0.25, 0.3) is 0 Å². The average molecular weight is 361 g/mol. The SMILES string of the molecule is Cc1ccc(S(=O)(=O)ON2C(=O)c3ccccc3C2=O)cc1C(=O)O. The van der Waals surface area contributed by atoms with Gasteiger partial charge in [-0.3, -0.25) is 9.59 Å². The van der Waals surface area contributed by atoms with Crippen LogP contribution in [0.3, 0.4) is 0 Å². The molecule has 0 bridgehead atoms. The molecule has 0 unspecified atom stereocenters. The normalized spacial score (nSPS) is 13.9. The van der Waals surface area contributed by atoms with Gasteiger partial charge in [0.2, 0.25) is 0 Å². The Hall–Kier alpha value is -3.04. The van der Waals surface area contributed by atoms with E-state index in [0.29, 0.717) is 5.56 Å². The maximum atomic E-state index is 12.4. The van der Waals surface area contributed by atoms with Crippen LogP contribution >= 0.6 is 0 Å². The van der Waals surface area contributed by atoms with Crippen LogP contribution in [0.2, 0.25) is 0 Å². The van der Waals surface area contributed by atoms with Crippen molar-refractivity contribution in [1.29, 1.82) is 0 Å². The molecule has 1 heterocycles. The molecule has 1 aliphatic rings. The van der Waals surface area contributed by atoms with E-state index in [-0.39, 0.29) is 21.8 Å². The first-order valence-electron chi connectivity index (χ1n) is 6.99. The molecule has 0 atom stereocenters. The predicted octanol–water partition coefficient (Wildman–Crippen LogP) is 1.61. The molecule has 9 heteroatoms. The lowest BCUT2D eigenvalue weighted by atomic mass is 10.1. The molecule has 0 aromatic heterocycles. The van der Waals surface area contributed by atoms with E-state index in [1.807, 2.05) is 0 Å². The van der Waals surface area contributed by atoms with Crippen molar-refractivity contribution in [3.05, 3.63) is 64.7 Å². The summed E-state index contributed by atoms with van der Waals surface area (Å²) >= 11 is 0. The summed E-state index contributed by atoms with van der Waals surface area (Å²) < 4.78 is 29.4. The maximum absolute atomic E-state index is 12.4. The highest BCUT2D eigenvalue weighted by Gasteiger charge is 2.40. The smallest absolute Gasteiger partial charge is 0.335 e. The summed E-state index contributed by atoms with van der Waals surface area (Å²) in [5.41, 5.74) is 0.176. The molecule has 2 aromatic carbocycles. The van der Waals surface area contributed by atoms with E-state index in [4.69, 9.17) is 5.11 Å². The van der Waals surface area contributed by atoms with Crippen LogP contribution in [0.5, 0.6) is 0 Å². The van der Waals surface area contributed by atoms with Crippen LogP contribution < -0.4 is 0 Å². The van der Waals surface area contributed by atoms with Gasteiger partial charge in [0.05, 0.1) is 21.6 Å². The molecule has 0 fully saturated rings. The Morgan fingerprint density at radius 2 is 1.60 bits per heavy atom. The van der Waals surface area contributed by atoms with Crippen LogP contribution in [0.15, 0.2) is 47.4 Å². The molecule has 0 saturated carbocycles. The molecule has 2 amide bonds. The van der Waals surface area contributed by atoms with Gasteiger partial charge in [0.1, 0.15) is 0 Å².